The molecule has 6 heavy (non-hydrogen) atoms. The molecule has 0 atom stereocenters. The average molecular weight is 76.1 g/mol. The summed E-state index contributed by atoms with van der Waals surface area (Å²) in [5.41, 5.74) is 0. The fraction of sp³-hybridized carbons (Fsp3) is 0.600. The number of hydrogen-bond acceptors (Lipinski definition) is 0. The van der Waals surface area contributed by atoms with E-state index in [2.05, 4.69) is 12.8 Å². The molecular weight excluding hydrogens is 67.0 g/mol. The average Bonchev–Trinajstić information content (AvgIpc) is 1.41. The van der Waals surface area contributed by atoms with Crippen LogP contribution in [0.1, 0.15) is 21.2 Å². The summed E-state index contributed by atoms with van der Waals surface area (Å²) in [6.45, 7) is 2.07. The molecule has 0 saturated heterocycles. The molecule has 0 aromatic heterocycles. The van der Waals surface area contributed by atoms with Gasteiger partial charge in [0, 0.05) is 6.42 Å². The van der Waals surface area contributed by atoms with Crippen LogP contribution in [0.15, 0.2) is 0 Å². The molecule has 0 unspecified atom stereocenters. The first-order valence-electron chi connectivity index (χ1n) is 1.85. The van der Waals surface area contributed by atoms with Crippen LogP contribution in [0.4, 0.5) is 0 Å². The molecular formula is C5H9Li. The third-order valence-corrected chi connectivity index (χ3v) is 0.394. The molecule has 0 amide bonds. The summed E-state index contributed by atoms with van der Waals surface area (Å²) in [5, 5.41) is 0. The molecule has 1 heteroatoms. The van der Waals surface area contributed by atoms with E-state index in [-0.39, 0.29) is 20.3 Å². The number of unbranched alkanes of at least 4 members (excludes halogenated alkanes) is 1. The molecule has 0 spiro atoms. The van der Waals surface area contributed by atoms with Gasteiger partial charge in [0.25, 0.3) is 0 Å². The van der Waals surface area contributed by atoms with Gasteiger partial charge in [-0.05, 0) is 6.42 Å². The van der Waals surface area contributed by atoms with Crippen LogP contribution in [-0.4, -0.2) is 0 Å². The van der Waals surface area contributed by atoms with Gasteiger partial charge in [0.1, 0.15) is 0 Å². The largest absolute Gasteiger partial charge is 1.00 e. The SMILES string of the molecule is C#CCCC.[H-].[Li+]. The summed E-state index contributed by atoms with van der Waals surface area (Å²) in [6.07, 6.45) is 6.91. The minimum absolute atomic E-state index is 0. The van der Waals surface area contributed by atoms with Gasteiger partial charge in [-0.25, -0.2) is 0 Å². The van der Waals surface area contributed by atoms with Crippen molar-refractivity contribution in [3.8, 4) is 12.3 Å². The van der Waals surface area contributed by atoms with Crippen LogP contribution in [0, 0.1) is 12.3 Å². The molecule has 0 saturated carbocycles. The zero-order valence-corrected chi connectivity index (χ0v) is 4.49. The fourth-order valence-corrected chi connectivity index (χ4v) is 0.144. The predicted octanol–water partition coefficient (Wildman–Crippen LogP) is -1.46. The molecule has 0 nitrogen and oxygen atoms in total. The second-order valence-corrected chi connectivity index (χ2v) is 0.954. The van der Waals surface area contributed by atoms with E-state index < -0.39 is 0 Å². The van der Waals surface area contributed by atoms with E-state index in [1.807, 2.05) is 0 Å². The van der Waals surface area contributed by atoms with Gasteiger partial charge in [0.05, 0.1) is 0 Å². The Balaban J connectivity index is -0.0000000800. The van der Waals surface area contributed by atoms with Gasteiger partial charge in [-0.1, -0.05) is 6.92 Å². The molecule has 0 aliphatic rings. The zero-order chi connectivity index (χ0) is 4.12. The minimum atomic E-state index is 0. The van der Waals surface area contributed by atoms with Gasteiger partial charge < -0.3 is 1.43 Å². The molecule has 0 aromatic carbocycles. The third-order valence-electron chi connectivity index (χ3n) is 0.394. The molecule has 0 aromatic rings. The van der Waals surface area contributed by atoms with Crippen molar-refractivity contribution in [1.29, 1.82) is 0 Å². The van der Waals surface area contributed by atoms with Crippen molar-refractivity contribution in [2.24, 2.45) is 0 Å². The van der Waals surface area contributed by atoms with Crippen molar-refractivity contribution in [3.05, 3.63) is 0 Å². The van der Waals surface area contributed by atoms with E-state index in [9.17, 15) is 0 Å². The Hall–Kier alpha value is 0.157. The maximum absolute atomic E-state index is 4.89. The van der Waals surface area contributed by atoms with Crippen molar-refractivity contribution in [2.75, 3.05) is 0 Å². The second kappa shape index (κ2) is 8.94. The van der Waals surface area contributed by atoms with Crippen LogP contribution in [-0.2, 0) is 0 Å². The van der Waals surface area contributed by atoms with E-state index in [4.69, 9.17) is 6.42 Å². The van der Waals surface area contributed by atoms with Crippen molar-refractivity contribution in [3.63, 3.8) is 0 Å². The third kappa shape index (κ3) is 8.90. The molecule has 0 heterocycles. The number of rotatable bonds is 1. The minimum Gasteiger partial charge on any atom is -1.00 e. The Morgan fingerprint density at radius 2 is 2.33 bits per heavy atom. The summed E-state index contributed by atoms with van der Waals surface area (Å²) in [5.74, 6) is 2.52. The summed E-state index contributed by atoms with van der Waals surface area (Å²) < 4.78 is 0. The van der Waals surface area contributed by atoms with Crippen LogP contribution in [0.2, 0.25) is 0 Å². The molecule has 0 aliphatic carbocycles. The van der Waals surface area contributed by atoms with Gasteiger partial charge in [0.2, 0.25) is 0 Å². The molecule has 0 bridgehead atoms. The summed E-state index contributed by atoms with van der Waals surface area (Å²) >= 11 is 0. The van der Waals surface area contributed by atoms with Crippen LogP contribution in [0.3, 0.4) is 0 Å². The summed E-state index contributed by atoms with van der Waals surface area (Å²) in [4.78, 5) is 0. The Labute approximate surface area is 53.0 Å². The van der Waals surface area contributed by atoms with Crippen molar-refractivity contribution >= 4 is 0 Å². The quantitative estimate of drug-likeness (QED) is 0.264. The van der Waals surface area contributed by atoms with E-state index in [0.29, 0.717) is 0 Å². The van der Waals surface area contributed by atoms with Crippen molar-refractivity contribution < 1.29 is 20.3 Å². The van der Waals surface area contributed by atoms with Crippen LogP contribution < -0.4 is 18.9 Å². The van der Waals surface area contributed by atoms with Crippen molar-refractivity contribution in [1.82, 2.24) is 0 Å². The van der Waals surface area contributed by atoms with E-state index >= 15 is 0 Å². The number of hydrogen-bond donors (Lipinski definition) is 0. The maximum Gasteiger partial charge on any atom is 1.00 e. The first-order chi connectivity index (χ1) is 2.41. The molecule has 0 radical (unpaired) electrons. The normalized spacial score (nSPS) is 5.33. The predicted molar refractivity (Wildman–Crippen MR) is 24.9 cm³/mol. The van der Waals surface area contributed by atoms with Gasteiger partial charge >= 0.3 is 18.9 Å². The fourth-order valence-electron chi connectivity index (χ4n) is 0.144. The Bertz CT molecular complexity index is 46.5. The van der Waals surface area contributed by atoms with Gasteiger partial charge in [-0.3, -0.25) is 0 Å². The zero-order valence-electron chi connectivity index (χ0n) is 5.49. The standard InChI is InChI=1S/C5H8.Li.H/c1-3-5-4-2;;/h1H,4-5H2,2H3;;/q;+1;-1. The molecule has 0 N–H and O–H groups in total. The van der Waals surface area contributed by atoms with Gasteiger partial charge in [-0.15, -0.1) is 12.3 Å². The summed E-state index contributed by atoms with van der Waals surface area (Å²) in [6, 6.07) is 0. The first-order valence-corrected chi connectivity index (χ1v) is 1.85. The molecule has 0 fully saturated rings. The monoisotopic (exact) mass is 76.1 g/mol. The Morgan fingerprint density at radius 3 is 2.33 bits per heavy atom. The van der Waals surface area contributed by atoms with Gasteiger partial charge in [-0.2, -0.15) is 0 Å². The van der Waals surface area contributed by atoms with E-state index in [1.54, 1.807) is 0 Å². The molecule has 30 valence electrons. The Kier molecular flexibility index (Phi) is 14.1. The first kappa shape index (κ1) is 9.48. The van der Waals surface area contributed by atoms with Crippen LogP contribution in [0.5, 0.6) is 0 Å². The Morgan fingerprint density at radius 1 is 1.83 bits per heavy atom. The maximum atomic E-state index is 4.89. The molecule has 0 aliphatic heterocycles. The topological polar surface area (TPSA) is 0 Å². The van der Waals surface area contributed by atoms with Gasteiger partial charge in [0.15, 0.2) is 0 Å². The van der Waals surface area contributed by atoms with E-state index in [1.165, 1.54) is 0 Å². The molecule has 0 rings (SSSR count). The van der Waals surface area contributed by atoms with E-state index in [0.717, 1.165) is 12.8 Å². The van der Waals surface area contributed by atoms with Crippen LogP contribution >= 0.6 is 0 Å². The van der Waals surface area contributed by atoms with Crippen molar-refractivity contribution in [2.45, 2.75) is 19.8 Å². The second-order valence-electron chi connectivity index (χ2n) is 0.954. The smallest absolute Gasteiger partial charge is 1.00 e. The summed E-state index contributed by atoms with van der Waals surface area (Å²) in [7, 11) is 0. The van der Waals surface area contributed by atoms with Crippen LogP contribution in [0.25, 0.3) is 0 Å². The number of terminal acetylenes is 1.